The summed E-state index contributed by atoms with van der Waals surface area (Å²) in [5.74, 6) is -0.283. The Balaban J connectivity index is 1.88. The molecule has 1 aliphatic carbocycles. The standard InChI is InChI=1S/C25H33BrN2O3S/c1-17-13-18(2)25(19(3)14-17)32(30,31)28(23-11-6-5-7-12-23)16-24(29)27-20(4)21-9-8-10-22(26)15-21/h8-10,13-15,20,23H,5-7,11-12,16H2,1-4H3,(H,27,29). The highest BCUT2D eigenvalue weighted by Crippen LogP contribution is 2.31. The number of aryl methyl sites for hydroxylation is 3. The third kappa shape index (κ3) is 5.80. The highest BCUT2D eigenvalue weighted by Gasteiger charge is 2.36. The van der Waals surface area contributed by atoms with Crippen LogP contribution in [0.1, 0.15) is 67.3 Å². The maximum absolute atomic E-state index is 13.9. The lowest BCUT2D eigenvalue weighted by molar-refractivity contribution is -0.122. The zero-order valence-corrected chi connectivity index (χ0v) is 21.7. The molecular weight excluding hydrogens is 488 g/mol. The second-order valence-electron chi connectivity index (χ2n) is 8.91. The van der Waals surface area contributed by atoms with E-state index in [0.717, 1.165) is 58.8 Å². The molecule has 3 rings (SSSR count). The number of carbonyl (C=O) groups excluding carboxylic acids is 1. The van der Waals surface area contributed by atoms with Crippen LogP contribution < -0.4 is 5.32 Å². The minimum absolute atomic E-state index is 0.152. The largest absolute Gasteiger partial charge is 0.348 e. The Morgan fingerprint density at radius 1 is 1.09 bits per heavy atom. The Bertz CT molecular complexity index is 1060. The van der Waals surface area contributed by atoms with Gasteiger partial charge >= 0.3 is 0 Å². The third-order valence-corrected chi connectivity index (χ3v) is 8.88. The van der Waals surface area contributed by atoms with E-state index in [-0.39, 0.29) is 24.5 Å². The van der Waals surface area contributed by atoms with E-state index in [1.54, 1.807) is 0 Å². The van der Waals surface area contributed by atoms with E-state index in [4.69, 9.17) is 0 Å². The quantitative estimate of drug-likeness (QED) is 0.518. The highest BCUT2D eigenvalue weighted by atomic mass is 79.9. The van der Waals surface area contributed by atoms with Gasteiger partial charge in [-0.25, -0.2) is 8.42 Å². The van der Waals surface area contributed by atoms with Crippen molar-refractivity contribution in [2.24, 2.45) is 0 Å². The van der Waals surface area contributed by atoms with Crippen molar-refractivity contribution < 1.29 is 13.2 Å². The Morgan fingerprint density at radius 2 is 1.72 bits per heavy atom. The van der Waals surface area contributed by atoms with E-state index in [0.29, 0.717) is 4.90 Å². The van der Waals surface area contributed by atoms with Crippen LogP contribution in [0.15, 0.2) is 45.8 Å². The molecule has 0 saturated heterocycles. The third-order valence-electron chi connectivity index (χ3n) is 6.18. The molecular formula is C25H33BrN2O3S. The summed E-state index contributed by atoms with van der Waals surface area (Å²) in [7, 11) is -3.82. The van der Waals surface area contributed by atoms with Crippen LogP contribution in [0.4, 0.5) is 0 Å². The molecule has 0 radical (unpaired) electrons. The number of hydrogen-bond donors (Lipinski definition) is 1. The summed E-state index contributed by atoms with van der Waals surface area (Å²) in [6.07, 6.45) is 4.66. The molecule has 1 saturated carbocycles. The Hall–Kier alpha value is -1.70. The van der Waals surface area contributed by atoms with Gasteiger partial charge in [0, 0.05) is 10.5 Å². The van der Waals surface area contributed by atoms with Crippen molar-refractivity contribution in [3.05, 3.63) is 63.1 Å². The maximum atomic E-state index is 13.9. The smallest absolute Gasteiger partial charge is 0.244 e. The predicted octanol–water partition coefficient (Wildman–Crippen LogP) is 5.58. The Kier molecular flexibility index (Phi) is 8.17. The number of nitrogens with zero attached hydrogens (tertiary/aromatic N) is 1. The van der Waals surface area contributed by atoms with Gasteiger partial charge in [-0.05, 0) is 69.4 Å². The predicted molar refractivity (Wildman–Crippen MR) is 132 cm³/mol. The summed E-state index contributed by atoms with van der Waals surface area (Å²) >= 11 is 3.46. The fourth-order valence-corrected chi connectivity index (χ4v) is 7.23. The lowest BCUT2D eigenvalue weighted by Gasteiger charge is -2.34. The molecule has 7 heteroatoms. The van der Waals surface area contributed by atoms with Crippen molar-refractivity contribution in [1.29, 1.82) is 0 Å². The first-order chi connectivity index (χ1) is 15.1. The zero-order chi connectivity index (χ0) is 23.5. The van der Waals surface area contributed by atoms with Crippen LogP contribution in [0.3, 0.4) is 0 Å². The number of amides is 1. The fraction of sp³-hybridized carbons (Fsp3) is 0.480. The summed E-state index contributed by atoms with van der Waals surface area (Å²) in [4.78, 5) is 13.4. The number of nitrogens with one attached hydrogen (secondary N) is 1. The number of benzene rings is 2. The normalized spacial score (nSPS) is 16.2. The topological polar surface area (TPSA) is 66.5 Å². The molecule has 0 bridgehead atoms. The lowest BCUT2D eigenvalue weighted by Crippen LogP contribution is -2.47. The molecule has 1 N–H and O–H groups in total. The van der Waals surface area contributed by atoms with Crippen LogP contribution in [-0.2, 0) is 14.8 Å². The van der Waals surface area contributed by atoms with E-state index in [2.05, 4.69) is 21.2 Å². The maximum Gasteiger partial charge on any atom is 0.244 e. The molecule has 1 unspecified atom stereocenters. The first kappa shape index (κ1) is 24.9. The molecule has 174 valence electrons. The average molecular weight is 522 g/mol. The van der Waals surface area contributed by atoms with Crippen molar-refractivity contribution in [2.45, 2.75) is 76.8 Å². The lowest BCUT2D eigenvalue weighted by atomic mass is 9.95. The summed E-state index contributed by atoms with van der Waals surface area (Å²) in [6, 6.07) is 11.2. The van der Waals surface area contributed by atoms with Gasteiger partial charge in [0.2, 0.25) is 15.9 Å². The number of hydrogen-bond acceptors (Lipinski definition) is 3. The highest BCUT2D eigenvalue weighted by molar-refractivity contribution is 9.10. The minimum Gasteiger partial charge on any atom is -0.348 e. The molecule has 1 aliphatic rings. The van der Waals surface area contributed by atoms with Gasteiger partial charge in [0.15, 0.2) is 0 Å². The Morgan fingerprint density at radius 3 is 2.31 bits per heavy atom. The molecule has 32 heavy (non-hydrogen) atoms. The van der Waals surface area contributed by atoms with Gasteiger partial charge in [0.1, 0.15) is 0 Å². The van der Waals surface area contributed by atoms with Crippen molar-refractivity contribution in [1.82, 2.24) is 9.62 Å². The minimum atomic E-state index is -3.82. The Labute approximate surface area is 200 Å². The van der Waals surface area contributed by atoms with Crippen LogP contribution in [0.2, 0.25) is 0 Å². The molecule has 1 fully saturated rings. The van der Waals surface area contributed by atoms with Gasteiger partial charge in [-0.1, -0.05) is 65.0 Å². The molecule has 2 aromatic carbocycles. The second-order valence-corrected chi connectivity index (χ2v) is 11.7. The monoisotopic (exact) mass is 520 g/mol. The molecule has 0 spiro atoms. The van der Waals surface area contributed by atoms with E-state index in [9.17, 15) is 13.2 Å². The summed E-state index contributed by atoms with van der Waals surface area (Å²) in [5.41, 5.74) is 3.45. The zero-order valence-electron chi connectivity index (χ0n) is 19.3. The summed E-state index contributed by atoms with van der Waals surface area (Å²) in [6.45, 7) is 7.38. The SMILES string of the molecule is Cc1cc(C)c(S(=O)(=O)N(CC(=O)NC(C)c2cccc(Br)c2)C2CCCCC2)c(C)c1. The van der Waals surface area contributed by atoms with Crippen molar-refractivity contribution in [2.75, 3.05) is 6.54 Å². The summed E-state index contributed by atoms with van der Waals surface area (Å²) in [5, 5.41) is 2.99. The van der Waals surface area contributed by atoms with E-state index >= 15 is 0 Å². The van der Waals surface area contributed by atoms with Gasteiger partial charge in [-0.15, -0.1) is 0 Å². The van der Waals surface area contributed by atoms with Gasteiger partial charge in [0.05, 0.1) is 17.5 Å². The van der Waals surface area contributed by atoms with Crippen LogP contribution in [0.5, 0.6) is 0 Å². The van der Waals surface area contributed by atoms with Gasteiger partial charge in [0.25, 0.3) is 0 Å². The number of rotatable bonds is 7. The number of carbonyl (C=O) groups is 1. The molecule has 1 amide bonds. The average Bonchev–Trinajstić information content (AvgIpc) is 2.71. The molecule has 0 aromatic heterocycles. The molecule has 1 atom stereocenters. The van der Waals surface area contributed by atoms with Gasteiger partial charge in [-0.3, -0.25) is 4.79 Å². The van der Waals surface area contributed by atoms with E-state index < -0.39 is 10.0 Å². The summed E-state index contributed by atoms with van der Waals surface area (Å²) < 4.78 is 30.1. The second kappa shape index (κ2) is 10.5. The van der Waals surface area contributed by atoms with Gasteiger partial charge in [-0.2, -0.15) is 4.31 Å². The molecule has 0 aliphatic heterocycles. The van der Waals surface area contributed by atoms with Crippen LogP contribution in [-0.4, -0.2) is 31.2 Å². The fourth-order valence-electron chi connectivity index (χ4n) is 4.76. The van der Waals surface area contributed by atoms with Gasteiger partial charge < -0.3 is 5.32 Å². The molecule has 5 nitrogen and oxygen atoms in total. The van der Waals surface area contributed by atoms with E-state index in [1.165, 1.54) is 4.31 Å². The molecule has 2 aromatic rings. The van der Waals surface area contributed by atoms with Crippen LogP contribution in [0, 0.1) is 20.8 Å². The van der Waals surface area contributed by atoms with Crippen LogP contribution in [0.25, 0.3) is 0 Å². The van der Waals surface area contributed by atoms with Crippen molar-refractivity contribution in [3.63, 3.8) is 0 Å². The number of sulfonamides is 1. The van der Waals surface area contributed by atoms with Crippen LogP contribution >= 0.6 is 15.9 Å². The number of halogens is 1. The van der Waals surface area contributed by atoms with Crippen molar-refractivity contribution in [3.8, 4) is 0 Å². The molecule has 0 heterocycles. The first-order valence-corrected chi connectivity index (χ1v) is 13.5. The first-order valence-electron chi connectivity index (χ1n) is 11.2. The van der Waals surface area contributed by atoms with E-state index in [1.807, 2.05) is 64.1 Å². The van der Waals surface area contributed by atoms with Crippen molar-refractivity contribution >= 4 is 31.9 Å².